The average Bonchev–Trinajstić information content (AvgIpc) is 3.24. The van der Waals surface area contributed by atoms with Gasteiger partial charge in [-0.3, -0.25) is 4.79 Å². The van der Waals surface area contributed by atoms with Crippen LogP contribution in [0.15, 0.2) is 55.0 Å². The molecule has 0 radical (unpaired) electrons. The number of benzene rings is 1. The molecule has 3 aromatic heterocycles. The molecule has 0 aliphatic heterocycles. The Balaban J connectivity index is 1.47. The third-order valence-electron chi connectivity index (χ3n) is 4.54. The minimum Gasteiger partial charge on any atom is -0.480 e. The van der Waals surface area contributed by atoms with Gasteiger partial charge in [-0.15, -0.1) is 0 Å². The lowest BCUT2D eigenvalue weighted by Gasteiger charge is -2.14. The second-order valence-corrected chi connectivity index (χ2v) is 6.54. The van der Waals surface area contributed by atoms with E-state index in [2.05, 4.69) is 15.3 Å². The number of aliphatic carboxylic acids is 1. The normalized spacial score (nSPS) is 12.3. The van der Waals surface area contributed by atoms with Crippen LogP contribution in [0.3, 0.4) is 0 Å². The maximum absolute atomic E-state index is 13.3. The van der Waals surface area contributed by atoms with Crippen molar-refractivity contribution < 1.29 is 19.1 Å². The second-order valence-electron chi connectivity index (χ2n) is 6.54. The summed E-state index contributed by atoms with van der Waals surface area (Å²) in [5, 5.41) is 13.0. The molecule has 3 N–H and O–H groups in total. The Hall–Kier alpha value is -3.68. The van der Waals surface area contributed by atoms with Crippen molar-refractivity contribution >= 4 is 28.4 Å². The van der Waals surface area contributed by atoms with E-state index in [-0.39, 0.29) is 12.8 Å². The van der Waals surface area contributed by atoms with Crippen molar-refractivity contribution in [3.63, 3.8) is 0 Å². The third-order valence-corrected chi connectivity index (χ3v) is 4.54. The minimum atomic E-state index is -1.12. The molecule has 8 heteroatoms. The summed E-state index contributed by atoms with van der Waals surface area (Å²) in [7, 11) is 0. The molecule has 0 spiro atoms. The fourth-order valence-electron chi connectivity index (χ4n) is 3.23. The van der Waals surface area contributed by atoms with Crippen LogP contribution in [0.4, 0.5) is 4.39 Å². The molecule has 0 saturated heterocycles. The number of carboxylic acids is 1. The van der Waals surface area contributed by atoms with Gasteiger partial charge < -0.3 is 19.8 Å². The van der Waals surface area contributed by atoms with E-state index in [1.54, 1.807) is 12.4 Å². The van der Waals surface area contributed by atoms with Gasteiger partial charge in [0.25, 0.3) is 0 Å². The number of amides is 1. The van der Waals surface area contributed by atoms with E-state index in [0.29, 0.717) is 11.3 Å². The van der Waals surface area contributed by atoms with Crippen LogP contribution in [0.5, 0.6) is 0 Å². The first-order valence-corrected chi connectivity index (χ1v) is 8.70. The van der Waals surface area contributed by atoms with Crippen LogP contribution < -0.4 is 5.32 Å². The van der Waals surface area contributed by atoms with E-state index in [4.69, 9.17) is 0 Å². The quantitative estimate of drug-likeness (QED) is 0.478. The summed E-state index contributed by atoms with van der Waals surface area (Å²) in [4.78, 5) is 31.3. The number of hydrogen-bond acceptors (Lipinski definition) is 3. The van der Waals surface area contributed by atoms with Crippen molar-refractivity contribution in [1.82, 2.24) is 19.7 Å². The Morgan fingerprint density at radius 2 is 2.04 bits per heavy atom. The van der Waals surface area contributed by atoms with Crippen molar-refractivity contribution in [2.75, 3.05) is 0 Å². The van der Waals surface area contributed by atoms with Crippen molar-refractivity contribution in [1.29, 1.82) is 0 Å². The molecule has 0 saturated carbocycles. The lowest BCUT2D eigenvalue weighted by atomic mass is 10.0. The van der Waals surface area contributed by atoms with Gasteiger partial charge in [0.2, 0.25) is 5.91 Å². The van der Waals surface area contributed by atoms with Crippen molar-refractivity contribution in [3.05, 3.63) is 72.1 Å². The molecular weight excluding hydrogens is 363 g/mol. The highest BCUT2D eigenvalue weighted by Gasteiger charge is 2.22. The number of para-hydroxylation sites is 1. The van der Waals surface area contributed by atoms with Gasteiger partial charge in [0, 0.05) is 35.9 Å². The van der Waals surface area contributed by atoms with Crippen molar-refractivity contribution in [2.45, 2.75) is 18.9 Å². The third kappa shape index (κ3) is 3.57. The predicted octanol–water partition coefficient (Wildman–Crippen LogP) is 2.31. The van der Waals surface area contributed by atoms with Crippen LogP contribution in [-0.4, -0.2) is 37.4 Å². The number of nitrogens with zero attached hydrogens (tertiary/aromatic N) is 2. The highest BCUT2D eigenvalue weighted by atomic mass is 19.1. The molecule has 142 valence electrons. The van der Waals surface area contributed by atoms with Gasteiger partial charge in [0.1, 0.15) is 17.5 Å². The number of nitrogens with one attached hydrogen (secondary N) is 2. The van der Waals surface area contributed by atoms with Crippen LogP contribution >= 0.6 is 0 Å². The first-order chi connectivity index (χ1) is 13.5. The van der Waals surface area contributed by atoms with E-state index in [1.165, 1.54) is 22.7 Å². The summed E-state index contributed by atoms with van der Waals surface area (Å²) in [6.45, 7) is 0. The Labute approximate surface area is 158 Å². The molecule has 1 unspecified atom stereocenters. The molecule has 3 heterocycles. The first kappa shape index (κ1) is 17.7. The zero-order chi connectivity index (χ0) is 19.7. The van der Waals surface area contributed by atoms with Crippen molar-refractivity contribution in [2.24, 2.45) is 0 Å². The Morgan fingerprint density at radius 1 is 1.21 bits per heavy atom. The topological polar surface area (TPSA) is 99.5 Å². The van der Waals surface area contributed by atoms with E-state index in [9.17, 15) is 19.1 Å². The standard InChI is InChI=1S/C20H17FN4O3/c21-13-5-6-18-23-14(11-25(18)10-13)8-19(26)24-17(20(27)28)7-12-9-22-16-4-2-1-3-15(12)16/h1-6,9-11,17,22H,7-8H2,(H,24,26)(H,27,28). The highest BCUT2D eigenvalue weighted by Crippen LogP contribution is 2.19. The van der Waals surface area contributed by atoms with Crippen LogP contribution in [0, 0.1) is 5.82 Å². The molecule has 0 aliphatic carbocycles. The fraction of sp³-hybridized carbons (Fsp3) is 0.150. The number of aromatic nitrogens is 3. The largest absolute Gasteiger partial charge is 0.480 e. The number of hydrogen-bond donors (Lipinski definition) is 3. The molecule has 0 fully saturated rings. The van der Waals surface area contributed by atoms with Crippen LogP contribution in [-0.2, 0) is 22.4 Å². The number of H-pyrrole nitrogens is 1. The maximum atomic E-state index is 13.3. The van der Waals surface area contributed by atoms with Crippen LogP contribution in [0.2, 0.25) is 0 Å². The number of rotatable bonds is 6. The molecule has 28 heavy (non-hydrogen) atoms. The monoisotopic (exact) mass is 380 g/mol. The predicted molar refractivity (Wildman–Crippen MR) is 100 cm³/mol. The number of carbonyl (C=O) groups is 2. The number of fused-ring (bicyclic) bond motifs is 2. The number of carboxylic acid groups (broad SMARTS) is 1. The van der Waals surface area contributed by atoms with E-state index < -0.39 is 23.7 Å². The molecule has 4 aromatic rings. The van der Waals surface area contributed by atoms with Gasteiger partial charge in [-0.25, -0.2) is 14.2 Å². The summed E-state index contributed by atoms with van der Waals surface area (Å²) >= 11 is 0. The molecule has 4 rings (SSSR count). The highest BCUT2D eigenvalue weighted by molar-refractivity contribution is 5.87. The number of carbonyl (C=O) groups excluding carboxylic acids is 1. The zero-order valence-corrected chi connectivity index (χ0v) is 14.7. The molecule has 1 aromatic carbocycles. The van der Waals surface area contributed by atoms with Gasteiger partial charge in [-0.1, -0.05) is 18.2 Å². The molecular formula is C20H17FN4O3. The SMILES string of the molecule is O=C(Cc1cn2cc(F)ccc2n1)NC(Cc1c[nH]c2ccccc12)C(=O)O. The summed E-state index contributed by atoms with van der Waals surface area (Å²) in [5.74, 6) is -1.99. The minimum absolute atomic E-state index is 0.0963. The summed E-state index contributed by atoms with van der Waals surface area (Å²) < 4.78 is 14.7. The number of halogens is 1. The smallest absolute Gasteiger partial charge is 0.326 e. The lowest BCUT2D eigenvalue weighted by Crippen LogP contribution is -2.43. The Bertz CT molecular complexity index is 1180. The fourth-order valence-corrected chi connectivity index (χ4v) is 3.23. The van der Waals surface area contributed by atoms with Gasteiger partial charge in [0.05, 0.1) is 12.1 Å². The molecule has 1 atom stereocenters. The molecule has 0 aliphatic rings. The first-order valence-electron chi connectivity index (χ1n) is 8.70. The molecule has 0 bridgehead atoms. The van der Waals surface area contributed by atoms with E-state index in [1.807, 2.05) is 24.3 Å². The van der Waals surface area contributed by atoms with Gasteiger partial charge in [-0.2, -0.15) is 0 Å². The zero-order valence-electron chi connectivity index (χ0n) is 14.7. The Morgan fingerprint density at radius 3 is 2.86 bits per heavy atom. The number of aromatic amines is 1. The molecule has 1 amide bonds. The number of imidazole rings is 1. The van der Waals surface area contributed by atoms with E-state index in [0.717, 1.165) is 16.5 Å². The lowest BCUT2D eigenvalue weighted by molar-refractivity contribution is -0.141. The van der Waals surface area contributed by atoms with Crippen molar-refractivity contribution in [3.8, 4) is 0 Å². The van der Waals surface area contributed by atoms with Crippen LogP contribution in [0.25, 0.3) is 16.6 Å². The molecule has 7 nitrogen and oxygen atoms in total. The summed E-state index contributed by atoms with van der Waals surface area (Å²) in [5.41, 5.74) is 2.66. The Kier molecular flexibility index (Phi) is 4.52. The van der Waals surface area contributed by atoms with Gasteiger partial charge in [-0.05, 0) is 23.8 Å². The van der Waals surface area contributed by atoms with Gasteiger partial charge in [0.15, 0.2) is 0 Å². The summed E-state index contributed by atoms with van der Waals surface area (Å²) in [6, 6.07) is 9.29. The van der Waals surface area contributed by atoms with Gasteiger partial charge >= 0.3 is 5.97 Å². The van der Waals surface area contributed by atoms with E-state index >= 15 is 0 Å². The maximum Gasteiger partial charge on any atom is 0.326 e. The number of pyridine rings is 1. The second kappa shape index (κ2) is 7.15. The average molecular weight is 380 g/mol. The van der Waals surface area contributed by atoms with Crippen LogP contribution in [0.1, 0.15) is 11.3 Å². The summed E-state index contributed by atoms with van der Waals surface area (Å²) in [6.07, 6.45) is 4.63.